The van der Waals surface area contributed by atoms with Crippen molar-refractivity contribution < 1.29 is 4.52 Å². The summed E-state index contributed by atoms with van der Waals surface area (Å²) in [7, 11) is 0. The average molecular weight is 190 g/mol. The first kappa shape index (κ1) is 8.83. The van der Waals surface area contributed by atoms with Crippen LogP contribution in [0.1, 0.15) is 11.6 Å². The van der Waals surface area contributed by atoms with Crippen LogP contribution in [-0.4, -0.2) is 15.1 Å². The van der Waals surface area contributed by atoms with Crippen molar-refractivity contribution in [3.63, 3.8) is 0 Å². The van der Waals surface area contributed by atoms with Crippen molar-refractivity contribution in [1.82, 2.24) is 15.1 Å². The molecule has 0 aromatic carbocycles. The summed E-state index contributed by atoms with van der Waals surface area (Å²) in [6.45, 7) is 2.16. The van der Waals surface area contributed by atoms with Crippen molar-refractivity contribution >= 4 is 0 Å². The molecule has 0 saturated carbocycles. The molecule has 0 aliphatic carbocycles. The highest BCUT2D eigenvalue weighted by atomic mass is 16.5. The van der Waals surface area contributed by atoms with Gasteiger partial charge in [0.1, 0.15) is 5.69 Å². The van der Waals surface area contributed by atoms with Crippen LogP contribution in [0.5, 0.6) is 0 Å². The largest absolute Gasteiger partial charge is 0.338 e. The number of nitrogens with two attached hydrogens (primary N) is 1. The highest BCUT2D eigenvalue weighted by Gasteiger charge is 2.07. The van der Waals surface area contributed by atoms with Crippen molar-refractivity contribution in [2.75, 3.05) is 0 Å². The van der Waals surface area contributed by atoms with Crippen LogP contribution in [0.15, 0.2) is 22.7 Å². The molecule has 0 aliphatic rings. The van der Waals surface area contributed by atoms with E-state index in [2.05, 4.69) is 15.1 Å². The molecule has 5 heteroatoms. The number of hydrogen-bond acceptors (Lipinski definition) is 5. The van der Waals surface area contributed by atoms with Gasteiger partial charge in [0, 0.05) is 5.69 Å². The molecule has 2 rings (SSSR count). The van der Waals surface area contributed by atoms with Crippen LogP contribution in [-0.2, 0) is 6.54 Å². The zero-order valence-electron chi connectivity index (χ0n) is 7.77. The third kappa shape index (κ3) is 1.62. The molecule has 0 bridgehead atoms. The maximum Gasteiger partial charge on any atom is 0.240 e. The van der Waals surface area contributed by atoms with E-state index < -0.39 is 0 Å². The Morgan fingerprint density at radius 3 is 2.86 bits per heavy atom. The van der Waals surface area contributed by atoms with Gasteiger partial charge in [-0.2, -0.15) is 4.98 Å². The Morgan fingerprint density at radius 1 is 1.36 bits per heavy atom. The third-order valence-electron chi connectivity index (χ3n) is 1.76. The molecule has 2 aromatic heterocycles. The second-order valence-electron chi connectivity index (χ2n) is 2.88. The van der Waals surface area contributed by atoms with Crippen molar-refractivity contribution in [2.45, 2.75) is 13.5 Å². The summed E-state index contributed by atoms with van der Waals surface area (Å²) in [5.41, 5.74) is 6.97. The fourth-order valence-electron chi connectivity index (χ4n) is 1.11. The van der Waals surface area contributed by atoms with Gasteiger partial charge in [0.15, 0.2) is 0 Å². The molecule has 5 nitrogen and oxygen atoms in total. The van der Waals surface area contributed by atoms with E-state index >= 15 is 0 Å². The van der Waals surface area contributed by atoms with Gasteiger partial charge >= 0.3 is 0 Å². The lowest BCUT2D eigenvalue weighted by Gasteiger charge is -1.94. The Balaban J connectivity index is 2.39. The molecule has 0 spiro atoms. The van der Waals surface area contributed by atoms with E-state index in [1.165, 1.54) is 0 Å². The van der Waals surface area contributed by atoms with Gasteiger partial charge < -0.3 is 10.3 Å². The minimum atomic E-state index is 0.249. The van der Waals surface area contributed by atoms with Crippen LogP contribution in [0.2, 0.25) is 0 Å². The Hall–Kier alpha value is -1.75. The zero-order chi connectivity index (χ0) is 9.97. The number of rotatable bonds is 2. The maximum atomic E-state index is 5.35. The van der Waals surface area contributed by atoms with Gasteiger partial charge in [-0.3, -0.25) is 0 Å². The molecular formula is C9H10N4O. The van der Waals surface area contributed by atoms with E-state index in [9.17, 15) is 0 Å². The Morgan fingerprint density at radius 2 is 2.21 bits per heavy atom. The average Bonchev–Trinajstić information content (AvgIpc) is 2.66. The third-order valence-corrected chi connectivity index (χ3v) is 1.76. The van der Waals surface area contributed by atoms with E-state index in [0.717, 1.165) is 5.69 Å². The van der Waals surface area contributed by atoms with Gasteiger partial charge in [-0.25, -0.2) is 4.98 Å². The summed E-state index contributed by atoms with van der Waals surface area (Å²) in [4.78, 5) is 8.34. The molecule has 0 atom stereocenters. The maximum absolute atomic E-state index is 5.35. The lowest BCUT2D eigenvalue weighted by molar-refractivity contribution is 0.380. The fourth-order valence-corrected chi connectivity index (χ4v) is 1.11. The summed E-state index contributed by atoms with van der Waals surface area (Å²) in [5, 5.41) is 3.77. The number of nitrogens with zero attached hydrogens (tertiary/aromatic N) is 3. The minimum Gasteiger partial charge on any atom is -0.338 e. The quantitative estimate of drug-likeness (QED) is 0.761. The first-order valence-electron chi connectivity index (χ1n) is 4.26. The first-order chi connectivity index (χ1) is 6.79. The van der Waals surface area contributed by atoms with Gasteiger partial charge in [0.2, 0.25) is 11.7 Å². The Kier molecular flexibility index (Phi) is 2.24. The minimum absolute atomic E-state index is 0.249. The Bertz CT molecular complexity index is 438. The molecule has 0 unspecified atom stereocenters. The standard InChI is InChI=1S/C9H10N4O/c1-6-3-2-4-7(11-6)9-12-8(5-10)14-13-9/h2-4H,5,10H2,1H3. The summed E-state index contributed by atoms with van der Waals surface area (Å²) in [6.07, 6.45) is 0. The number of hydrogen-bond donors (Lipinski definition) is 1. The number of pyridine rings is 1. The number of aryl methyl sites for hydroxylation is 1. The topological polar surface area (TPSA) is 77.8 Å². The molecule has 0 radical (unpaired) electrons. The predicted octanol–water partition coefficient (Wildman–Crippen LogP) is 0.899. The highest BCUT2D eigenvalue weighted by molar-refractivity contribution is 5.47. The summed E-state index contributed by atoms with van der Waals surface area (Å²) < 4.78 is 4.88. The molecule has 2 N–H and O–H groups in total. The molecule has 2 heterocycles. The van der Waals surface area contributed by atoms with Crippen molar-refractivity contribution in [3.05, 3.63) is 29.8 Å². The normalized spacial score (nSPS) is 10.4. The monoisotopic (exact) mass is 190 g/mol. The lowest BCUT2D eigenvalue weighted by Crippen LogP contribution is -1.96. The van der Waals surface area contributed by atoms with Crippen LogP contribution in [0, 0.1) is 6.92 Å². The molecule has 0 amide bonds. The molecule has 0 saturated heterocycles. The zero-order valence-corrected chi connectivity index (χ0v) is 7.77. The molecule has 72 valence electrons. The van der Waals surface area contributed by atoms with E-state index in [0.29, 0.717) is 17.4 Å². The number of aromatic nitrogens is 3. The fraction of sp³-hybridized carbons (Fsp3) is 0.222. The Labute approximate surface area is 81.0 Å². The second-order valence-corrected chi connectivity index (χ2v) is 2.88. The van der Waals surface area contributed by atoms with E-state index in [1.54, 1.807) is 0 Å². The summed E-state index contributed by atoms with van der Waals surface area (Å²) in [6, 6.07) is 5.64. The second kappa shape index (κ2) is 3.55. The predicted molar refractivity (Wildman–Crippen MR) is 50.2 cm³/mol. The SMILES string of the molecule is Cc1cccc(-c2noc(CN)n2)n1. The summed E-state index contributed by atoms with van der Waals surface area (Å²) >= 11 is 0. The van der Waals surface area contributed by atoms with Crippen molar-refractivity contribution in [3.8, 4) is 11.5 Å². The molecule has 2 aromatic rings. The van der Waals surface area contributed by atoms with Gasteiger partial charge in [0.25, 0.3) is 0 Å². The van der Waals surface area contributed by atoms with Crippen LogP contribution in [0.4, 0.5) is 0 Å². The first-order valence-corrected chi connectivity index (χ1v) is 4.26. The van der Waals surface area contributed by atoms with Crippen molar-refractivity contribution in [2.24, 2.45) is 5.73 Å². The van der Waals surface area contributed by atoms with Crippen LogP contribution in [0.3, 0.4) is 0 Å². The molecule has 0 aliphatic heterocycles. The lowest BCUT2D eigenvalue weighted by atomic mass is 10.3. The summed E-state index contributed by atoms with van der Waals surface area (Å²) in [5.74, 6) is 0.900. The van der Waals surface area contributed by atoms with Gasteiger partial charge in [-0.05, 0) is 19.1 Å². The molecule has 0 fully saturated rings. The van der Waals surface area contributed by atoms with Crippen LogP contribution in [0.25, 0.3) is 11.5 Å². The van der Waals surface area contributed by atoms with E-state index in [-0.39, 0.29) is 6.54 Å². The highest BCUT2D eigenvalue weighted by Crippen LogP contribution is 2.12. The van der Waals surface area contributed by atoms with Crippen LogP contribution >= 0.6 is 0 Å². The van der Waals surface area contributed by atoms with Crippen LogP contribution < -0.4 is 5.73 Å². The molecule has 14 heavy (non-hydrogen) atoms. The van der Waals surface area contributed by atoms with E-state index in [4.69, 9.17) is 10.3 Å². The van der Waals surface area contributed by atoms with Gasteiger partial charge in [-0.15, -0.1) is 0 Å². The van der Waals surface area contributed by atoms with E-state index in [1.807, 2.05) is 25.1 Å². The smallest absolute Gasteiger partial charge is 0.240 e. The van der Waals surface area contributed by atoms with Crippen molar-refractivity contribution in [1.29, 1.82) is 0 Å². The van der Waals surface area contributed by atoms with Gasteiger partial charge in [-0.1, -0.05) is 11.2 Å². The van der Waals surface area contributed by atoms with Gasteiger partial charge in [0.05, 0.1) is 6.54 Å². The molecular weight excluding hydrogens is 180 g/mol.